The number of phenols is 2. The first kappa shape index (κ1) is 46.6. The molecule has 0 atom stereocenters. The van der Waals surface area contributed by atoms with Crippen LogP contribution in [-0.4, -0.2) is 60.0 Å². The van der Waals surface area contributed by atoms with Gasteiger partial charge in [-0.1, -0.05) is 94.0 Å². The number of ether oxygens (including phenoxy) is 2. The highest BCUT2D eigenvalue weighted by atomic mass is 32.2. The molecule has 0 aliphatic heterocycles. The Balaban J connectivity index is 1.20. The Hall–Kier alpha value is -5.50. The van der Waals surface area contributed by atoms with Crippen LogP contribution in [0.2, 0.25) is 0 Å². The minimum Gasteiger partial charge on any atom is -0.506 e. The Morgan fingerprint density at radius 3 is 2.10 bits per heavy atom. The van der Waals surface area contributed by atoms with E-state index in [9.17, 15) is 32.8 Å². The number of carbonyl (C=O) groups is 2. The number of anilines is 1. The number of nitrogens with one attached hydrogen (secondary N) is 2. The predicted octanol–water partition coefficient (Wildman–Crippen LogP) is 10.6. The zero-order chi connectivity index (χ0) is 43.8. The SMILES string of the molecule is CCCCCCCCCCCCNC(=O)c1cc(OCCOc2ccc(N=Nc3c(SOOO)cc4cc(S(=O)(=O)O)cc(NC(C)=O)c4c3O)cc2)c2ccccc2c1O. The van der Waals surface area contributed by atoms with Gasteiger partial charge in [0.25, 0.3) is 16.0 Å². The normalized spacial score (nSPS) is 11.7. The molecule has 0 saturated carbocycles. The van der Waals surface area contributed by atoms with Gasteiger partial charge in [-0.3, -0.25) is 14.1 Å². The first-order valence-corrected chi connectivity index (χ1v) is 22.1. The van der Waals surface area contributed by atoms with Gasteiger partial charge in [0.2, 0.25) is 5.91 Å². The number of amides is 2. The molecule has 0 spiro atoms. The quantitative estimate of drug-likeness (QED) is 0.00846. The molecule has 0 fully saturated rings. The number of hydrogen-bond donors (Lipinski definition) is 6. The van der Waals surface area contributed by atoms with E-state index in [1.165, 1.54) is 57.9 Å². The first-order chi connectivity index (χ1) is 29.4. The summed E-state index contributed by atoms with van der Waals surface area (Å²) < 4.78 is 50.0. The standard InChI is InChI=1S/C43H50N4O12S2/c1-3-4-5-6-7-8-9-10-11-14-21-44-43(51)35-27-37(33-15-12-13-16-34(33)41(35)49)57-23-22-56-31-19-17-30(18-20-31)46-47-40-38(60-59-58-52)25-29-24-32(61(53,54)55)26-36(45-28(2)48)39(29)42(40)50/h12-13,15-20,24-27,49-50,52H,3-11,14,21-23H2,1-2H3,(H,44,51)(H,45,48)(H,53,54,55). The van der Waals surface area contributed by atoms with Gasteiger partial charge < -0.3 is 30.3 Å². The zero-order valence-corrected chi connectivity index (χ0v) is 35.5. The van der Waals surface area contributed by atoms with Crippen LogP contribution < -0.4 is 20.1 Å². The highest BCUT2D eigenvalue weighted by Gasteiger charge is 2.22. The van der Waals surface area contributed by atoms with Crippen LogP contribution in [0.5, 0.6) is 23.0 Å². The number of aromatic hydroxyl groups is 2. The molecule has 0 aliphatic rings. The van der Waals surface area contributed by atoms with Crippen molar-refractivity contribution in [1.82, 2.24) is 5.32 Å². The summed E-state index contributed by atoms with van der Waals surface area (Å²) in [6.45, 7) is 4.15. The molecule has 0 unspecified atom stereocenters. The molecule has 5 aromatic carbocycles. The highest BCUT2D eigenvalue weighted by molar-refractivity contribution is 7.94. The lowest BCUT2D eigenvalue weighted by molar-refractivity contribution is -0.432. The third kappa shape index (κ3) is 13.2. The van der Waals surface area contributed by atoms with Crippen molar-refractivity contribution in [2.75, 3.05) is 25.1 Å². The Morgan fingerprint density at radius 2 is 1.44 bits per heavy atom. The molecule has 18 heteroatoms. The zero-order valence-electron chi connectivity index (χ0n) is 33.9. The molecular formula is C43H50N4O12S2. The summed E-state index contributed by atoms with van der Waals surface area (Å²) in [4.78, 5) is 24.6. The molecule has 5 aromatic rings. The Kier molecular flexibility index (Phi) is 17.5. The van der Waals surface area contributed by atoms with Gasteiger partial charge in [0.05, 0.1) is 38.8 Å². The summed E-state index contributed by atoms with van der Waals surface area (Å²) in [7, 11) is -4.71. The van der Waals surface area contributed by atoms with E-state index in [0.717, 1.165) is 31.4 Å². The molecule has 2 amide bonds. The third-order valence-electron chi connectivity index (χ3n) is 9.64. The van der Waals surface area contributed by atoms with E-state index in [-0.39, 0.29) is 57.5 Å². The van der Waals surface area contributed by atoms with Crippen LogP contribution in [0.25, 0.3) is 21.5 Å². The van der Waals surface area contributed by atoms with Crippen LogP contribution in [0.15, 0.2) is 92.8 Å². The van der Waals surface area contributed by atoms with Gasteiger partial charge in [-0.25, -0.2) is 5.26 Å². The summed E-state index contributed by atoms with van der Waals surface area (Å²) >= 11 is 0.418. The smallest absolute Gasteiger partial charge is 0.294 e. The van der Waals surface area contributed by atoms with Gasteiger partial charge in [0.1, 0.15) is 36.1 Å². The molecule has 326 valence electrons. The fraction of sp³-hybridized carbons (Fsp3) is 0.349. The number of fused-ring (bicyclic) bond motifs is 2. The van der Waals surface area contributed by atoms with Crippen LogP contribution in [0.1, 0.15) is 88.4 Å². The van der Waals surface area contributed by atoms with Gasteiger partial charge >= 0.3 is 0 Å². The molecule has 6 N–H and O–H groups in total. The average molecular weight is 879 g/mol. The number of benzene rings is 5. The largest absolute Gasteiger partial charge is 0.506 e. The Labute approximate surface area is 358 Å². The van der Waals surface area contributed by atoms with Crippen LogP contribution in [0, 0.1) is 0 Å². The summed E-state index contributed by atoms with van der Waals surface area (Å²) in [5.41, 5.74) is 0.140. The number of hydrogen-bond acceptors (Lipinski definition) is 14. The maximum atomic E-state index is 13.2. The van der Waals surface area contributed by atoms with Crippen LogP contribution in [0.4, 0.5) is 17.1 Å². The van der Waals surface area contributed by atoms with Crippen molar-refractivity contribution in [2.45, 2.75) is 87.8 Å². The summed E-state index contributed by atoms with van der Waals surface area (Å²) in [6.07, 6.45) is 11.9. The summed E-state index contributed by atoms with van der Waals surface area (Å²) in [6, 6.07) is 18.5. The van der Waals surface area contributed by atoms with E-state index >= 15 is 0 Å². The van der Waals surface area contributed by atoms with Gasteiger partial charge in [0.15, 0.2) is 5.75 Å². The summed E-state index contributed by atoms with van der Waals surface area (Å²) in [5, 5.41) is 49.7. The van der Waals surface area contributed by atoms with Gasteiger partial charge in [0, 0.05) is 29.6 Å². The second kappa shape index (κ2) is 22.9. The molecule has 0 aliphatic carbocycles. The highest BCUT2D eigenvalue weighted by Crippen LogP contribution is 2.47. The van der Waals surface area contributed by atoms with Crippen LogP contribution in [0.3, 0.4) is 0 Å². The Morgan fingerprint density at radius 1 is 0.787 bits per heavy atom. The molecular weight excluding hydrogens is 829 g/mol. The lowest BCUT2D eigenvalue weighted by atomic mass is 10.0. The van der Waals surface area contributed by atoms with Crippen molar-refractivity contribution in [1.29, 1.82) is 0 Å². The van der Waals surface area contributed by atoms with E-state index in [2.05, 4.69) is 37.2 Å². The molecule has 0 saturated heterocycles. The van der Waals surface area contributed by atoms with Gasteiger partial charge in [-0.15, -0.1) is 9.45 Å². The van der Waals surface area contributed by atoms with Crippen molar-refractivity contribution < 1.29 is 56.9 Å². The van der Waals surface area contributed by atoms with Crippen LogP contribution >= 0.6 is 12.0 Å². The number of phenolic OH excluding ortho intramolecular Hbond substituents is 2. The molecule has 0 bridgehead atoms. The Bertz CT molecular complexity index is 2430. The van der Waals surface area contributed by atoms with Gasteiger partial charge in [-0.05, 0) is 60.3 Å². The number of azo groups is 1. The fourth-order valence-electron chi connectivity index (χ4n) is 6.67. The number of unbranched alkanes of at least 4 members (excludes halogenated alkanes) is 9. The molecule has 61 heavy (non-hydrogen) atoms. The first-order valence-electron chi connectivity index (χ1n) is 19.9. The van der Waals surface area contributed by atoms with Crippen LogP contribution in [-0.2, 0) is 24.3 Å². The predicted molar refractivity (Wildman–Crippen MR) is 232 cm³/mol. The second-order valence-corrected chi connectivity index (χ2v) is 16.3. The maximum Gasteiger partial charge on any atom is 0.294 e. The fourth-order valence-corrected chi connectivity index (χ4v) is 7.70. The summed E-state index contributed by atoms with van der Waals surface area (Å²) in [5.74, 6) is -0.713. The molecule has 0 heterocycles. The monoisotopic (exact) mass is 878 g/mol. The van der Waals surface area contributed by atoms with E-state index < -0.39 is 26.7 Å². The molecule has 0 radical (unpaired) electrons. The molecule has 0 aromatic heterocycles. The lowest BCUT2D eigenvalue weighted by Crippen LogP contribution is -2.24. The average Bonchev–Trinajstić information content (AvgIpc) is 3.23. The topological polar surface area (TPSA) is 235 Å². The third-order valence-corrected chi connectivity index (χ3v) is 11.1. The van der Waals surface area contributed by atoms with E-state index in [1.807, 2.05) is 6.07 Å². The van der Waals surface area contributed by atoms with Crippen molar-refractivity contribution >= 4 is 72.6 Å². The lowest BCUT2D eigenvalue weighted by Gasteiger charge is -2.15. The van der Waals surface area contributed by atoms with Crippen molar-refractivity contribution in [3.63, 3.8) is 0 Å². The molecule has 16 nitrogen and oxygen atoms in total. The van der Waals surface area contributed by atoms with E-state index in [4.69, 9.17) is 14.7 Å². The number of carbonyl (C=O) groups excluding carboxylic acids is 2. The van der Waals surface area contributed by atoms with Crippen molar-refractivity contribution in [3.8, 4) is 23.0 Å². The molecule has 5 rings (SSSR count). The van der Waals surface area contributed by atoms with Gasteiger partial charge in [-0.2, -0.15) is 13.5 Å². The number of rotatable bonds is 24. The second-order valence-electron chi connectivity index (χ2n) is 14.2. The van der Waals surface area contributed by atoms with E-state index in [0.29, 0.717) is 46.5 Å². The van der Waals surface area contributed by atoms with Crippen molar-refractivity contribution in [3.05, 3.63) is 78.4 Å². The minimum absolute atomic E-state index is 0.0162. The maximum absolute atomic E-state index is 13.2. The van der Waals surface area contributed by atoms with E-state index in [1.54, 1.807) is 48.5 Å². The number of nitrogens with zero attached hydrogens (tertiary/aromatic N) is 2. The minimum atomic E-state index is -4.71. The van der Waals surface area contributed by atoms with Crippen molar-refractivity contribution in [2.24, 2.45) is 10.2 Å².